The van der Waals surface area contributed by atoms with Gasteiger partial charge in [0.25, 0.3) is 5.91 Å². The Bertz CT molecular complexity index is 771. The lowest BCUT2D eigenvalue weighted by Crippen LogP contribution is -2.30. The quantitative estimate of drug-likeness (QED) is 0.390. The monoisotopic (exact) mass is 328 g/mol. The van der Waals surface area contributed by atoms with Crippen LogP contribution < -0.4 is 10.0 Å². The number of hydrogen-bond donors (Lipinski definition) is 1. The molecule has 0 fully saturated rings. The first kappa shape index (κ1) is 17.1. The Morgan fingerprint density at radius 1 is 1.12 bits per heavy atom. The van der Waals surface area contributed by atoms with E-state index < -0.39 is 18.0 Å². The van der Waals surface area contributed by atoms with Gasteiger partial charge in [0.1, 0.15) is 0 Å². The zero-order valence-corrected chi connectivity index (χ0v) is 13.2. The van der Waals surface area contributed by atoms with Gasteiger partial charge in [0.2, 0.25) is 0 Å². The highest BCUT2D eigenvalue weighted by molar-refractivity contribution is 5.99. The number of hydrogen-bond acceptors (Lipinski definition) is 5. The third-order valence-electron chi connectivity index (χ3n) is 3.23. The topological polar surface area (TPSA) is 99.4 Å². The minimum atomic E-state index is -1.04. The van der Waals surface area contributed by atoms with Crippen LogP contribution in [0.25, 0.3) is 0 Å². The van der Waals surface area contributed by atoms with E-state index in [2.05, 4.69) is 5.32 Å². The molecule has 7 nitrogen and oxygen atoms in total. The maximum absolute atomic E-state index is 12.1. The van der Waals surface area contributed by atoms with Crippen LogP contribution in [0.2, 0.25) is 0 Å². The molecule has 0 aliphatic carbocycles. The summed E-state index contributed by atoms with van der Waals surface area (Å²) in [5.74, 6) is -1.36. The molecule has 2 rings (SSSR count). The van der Waals surface area contributed by atoms with Crippen molar-refractivity contribution in [3.63, 3.8) is 0 Å². The molecule has 1 aromatic carbocycles. The average molecular weight is 328 g/mol. The predicted molar refractivity (Wildman–Crippen MR) is 85.4 cm³/mol. The second-order valence-corrected chi connectivity index (χ2v) is 5.12. The van der Waals surface area contributed by atoms with E-state index in [9.17, 15) is 19.6 Å². The second-order valence-electron chi connectivity index (χ2n) is 5.12. The maximum Gasteiger partial charge on any atom is 0.339 e. The zero-order valence-electron chi connectivity index (χ0n) is 13.2. The van der Waals surface area contributed by atoms with Gasteiger partial charge < -0.3 is 15.3 Å². The fraction of sp³-hybridized carbons (Fsp3) is 0.176. The summed E-state index contributed by atoms with van der Waals surface area (Å²) in [6.45, 7) is 2.86. The fourth-order valence-corrected chi connectivity index (χ4v) is 1.89. The molecule has 124 valence electrons. The second kappa shape index (κ2) is 7.36. The Labute approximate surface area is 138 Å². The fourth-order valence-electron chi connectivity index (χ4n) is 1.89. The van der Waals surface area contributed by atoms with E-state index in [4.69, 9.17) is 4.74 Å². The lowest BCUT2D eigenvalue weighted by atomic mass is 10.1. The van der Waals surface area contributed by atoms with Crippen LogP contribution in [-0.2, 0) is 9.53 Å². The van der Waals surface area contributed by atoms with Gasteiger partial charge in [-0.15, -0.1) is 0 Å². The highest BCUT2D eigenvalue weighted by atomic mass is 16.5. The number of rotatable bonds is 5. The number of anilines is 1. The number of nitrogens with one attached hydrogen (secondary N) is 1. The first-order chi connectivity index (χ1) is 11.4. The summed E-state index contributed by atoms with van der Waals surface area (Å²) < 4.78 is 5.60. The molecule has 0 bridgehead atoms. The van der Waals surface area contributed by atoms with E-state index in [-0.39, 0.29) is 11.3 Å². The molecular formula is C17H16N2O5. The van der Waals surface area contributed by atoms with E-state index in [0.29, 0.717) is 16.0 Å². The number of aromatic nitrogens is 1. The van der Waals surface area contributed by atoms with Gasteiger partial charge in [-0.25, -0.2) is 4.79 Å². The number of pyridine rings is 1. The number of amides is 1. The van der Waals surface area contributed by atoms with Crippen molar-refractivity contribution in [1.82, 2.24) is 0 Å². The van der Waals surface area contributed by atoms with Crippen molar-refractivity contribution in [2.75, 3.05) is 5.32 Å². The maximum atomic E-state index is 12.1. The van der Waals surface area contributed by atoms with Gasteiger partial charge in [-0.3, -0.25) is 9.59 Å². The van der Waals surface area contributed by atoms with Crippen LogP contribution in [0.3, 0.4) is 0 Å². The molecule has 1 aromatic heterocycles. The van der Waals surface area contributed by atoms with Crippen LogP contribution in [0.15, 0.2) is 48.8 Å². The molecule has 0 aliphatic rings. The Morgan fingerprint density at radius 3 is 2.42 bits per heavy atom. The third kappa shape index (κ3) is 4.39. The summed E-state index contributed by atoms with van der Waals surface area (Å²) >= 11 is 0. The molecule has 1 heterocycles. The first-order valence-electron chi connectivity index (χ1n) is 7.18. The Hall–Kier alpha value is -3.22. The third-order valence-corrected chi connectivity index (χ3v) is 3.23. The van der Waals surface area contributed by atoms with Crippen molar-refractivity contribution in [3.05, 3.63) is 65.1 Å². The van der Waals surface area contributed by atoms with E-state index in [1.54, 1.807) is 24.3 Å². The molecule has 2 aromatic rings. The Kier molecular flexibility index (Phi) is 5.26. The zero-order chi connectivity index (χ0) is 17.7. The molecular weight excluding hydrogens is 312 g/mol. The van der Waals surface area contributed by atoms with Crippen molar-refractivity contribution in [1.29, 1.82) is 0 Å². The number of ketones is 1. The van der Waals surface area contributed by atoms with E-state index in [1.807, 2.05) is 0 Å². The molecule has 1 N–H and O–H groups in total. The number of carbonyl (C=O) groups is 3. The Balaban J connectivity index is 1.99. The predicted octanol–water partition coefficient (Wildman–Crippen LogP) is 1.71. The van der Waals surface area contributed by atoms with Crippen LogP contribution >= 0.6 is 0 Å². The number of benzene rings is 1. The first-order valence-corrected chi connectivity index (χ1v) is 7.18. The SMILES string of the molecule is CC(=O)c1cccc(NC(=O)[C@H](C)OC(=O)c2cc[n+]([O-])cc2)c1. The smallest absolute Gasteiger partial charge is 0.339 e. The van der Waals surface area contributed by atoms with Gasteiger partial charge in [-0.05, 0) is 26.0 Å². The van der Waals surface area contributed by atoms with Gasteiger partial charge in [-0.2, -0.15) is 4.73 Å². The highest BCUT2D eigenvalue weighted by Crippen LogP contribution is 2.12. The lowest BCUT2D eigenvalue weighted by Gasteiger charge is -2.13. The molecule has 0 unspecified atom stereocenters. The summed E-state index contributed by atoms with van der Waals surface area (Å²) in [7, 11) is 0. The molecule has 0 saturated heterocycles. The number of nitrogens with zero attached hydrogens (tertiary/aromatic N) is 1. The van der Waals surface area contributed by atoms with Crippen molar-refractivity contribution in [2.45, 2.75) is 20.0 Å². The standard InChI is InChI=1S/C17H16N2O5/c1-11(20)14-4-3-5-15(10-14)18-16(21)12(2)24-17(22)13-6-8-19(23)9-7-13/h3-10,12H,1-2H3,(H,18,21)/t12-/m0/s1. The van der Waals surface area contributed by atoms with Crippen LogP contribution in [0.4, 0.5) is 5.69 Å². The van der Waals surface area contributed by atoms with Crippen LogP contribution in [0.1, 0.15) is 34.6 Å². The Morgan fingerprint density at radius 2 is 1.79 bits per heavy atom. The highest BCUT2D eigenvalue weighted by Gasteiger charge is 2.19. The van der Waals surface area contributed by atoms with Crippen molar-refractivity contribution in [2.24, 2.45) is 0 Å². The van der Waals surface area contributed by atoms with Crippen LogP contribution in [0.5, 0.6) is 0 Å². The normalized spacial score (nSPS) is 11.4. The average Bonchev–Trinajstić information content (AvgIpc) is 2.55. The minimum absolute atomic E-state index is 0.120. The lowest BCUT2D eigenvalue weighted by molar-refractivity contribution is -0.605. The number of Topliss-reactive ketones (excluding diaryl/α,β-unsaturated/α-hetero) is 1. The largest absolute Gasteiger partial charge is 0.619 e. The number of carbonyl (C=O) groups excluding carboxylic acids is 3. The summed E-state index contributed by atoms with van der Waals surface area (Å²) in [4.78, 5) is 35.3. The summed E-state index contributed by atoms with van der Waals surface area (Å²) in [5, 5.41) is 13.5. The minimum Gasteiger partial charge on any atom is -0.619 e. The van der Waals surface area contributed by atoms with E-state index in [1.165, 1.54) is 26.0 Å². The molecule has 0 saturated carbocycles. The van der Waals surface area contributed by atoms with Gasteiger partial charge >= 0.3 is 5.97 Å². The number of ether oxygens (including phenoxy) is 1. The van der Waals surface area contributed by atoms with Crippen LogP contribution in [0, 0.1) is 5.21 Å². The van der Waals surface area contributed by atoms with Gasteiger partial charge in [0, 0.05) is 23.4 Å². The van der Waals surface area contributed by atoms with Crippen molar-refractivity contribution in [3.8, 4) is 0 Å². The number of esters is 1. The van der Waals surface area contributed by atoms with Gasteiger partial charge in [-0.1, -0.05) is 12.1 Å². The van der Waals surface area contributed by atoms with E-state index in [0.717, 1.165) is 12.4 Å². The van der Waals surface area contributed by atoms with Crippen molar-refractivity contribution >= 4 is 23.3 Å². The summed E-state index contributed by atoms with van der Waals surface area (Å²) in [5.41, 5.74) is 1.07. The summed E-state index contributed by atoms with van der Waals surface area (Å²) in [6, 6.07) is 9.05. The van der Waals surface area contributed by atoms with Gasteiger partial charge in [0.15, 0.2) is 24.3 Å². The van der Waals surface area contributed by atoms with Crippen LogP contribution in [-0.4, -0.2) is 23.8 Å². The summed E-state index contributed by atoms with van der Waals surface area (Å²) in [6.07, 6.45) is 1.28. The molecule has 0 radical (unpaired) electrons. The molecule has 0 spiro atoms. The molecule has 1 amide bonds. The molecule has 7 heteroatoms. The molecule has 1 atom stereocenters. The molecule has 24 heavy (non-hydrogen) atoms. The van der Waals surface area contributed by atoms with Crippen molar-refractivity contribution < 1.29 is 23.9 Å². The van der Waals surface area contributed by atoms with Gasteiger partial charge in [0.05, 0.1) is 5.56 Å². The molecule has 0 aliphatic heterocycles. The van der Waals surface area contributed by atoms with E-state index >= 15 is 0 Å².